The van der Waals surface area contributed by atoms with Crippen molar-refractivity contribution in [3.8, 4) is 0 Å². The van der Waals surface area contributed by atoms with Gasteiger partial charge in [0.15, 0.2) is 0 Å². The van der Waals surface area contributed by atoms with Crippen LogP contribution in [0.2, 0.25) is 0 Å². The van der Waals surface area contributed by atoms with Crippen LogP contribution in [0.5, 0.6) is 0 Å². The van der Waals surface area contributed by atoms with Gasteiger partial charge in [0.1, 0.15) is 5.82 Å². The fourth-order valence-electron chi connectivity index (χ4n) is 0.990. The lowest BCUT2D eigenvalue weighted by Crippen LogP contribution is -2.41. The number of halogens is 4. The maximum Gasteiger partial charge on any atom is 0.273 e. The van der Waals surface area contributed by atoms with Crippen molar-refractivity contribution in [3.05, 3.63) is 30.1 Å². The maximum atomic E-state index is 12.8. The Morgan fingerprint density at radius 1 is 1.33 bits per heavy atom. The largest absolute Gasteiger partial charge is 0.325 e. The summed E-state index contributed by atoms with van der Waals surface area (Å²) >= 11 is 0. The Labute approximate surface area is 109 Å². The molecule has 1 aromatic rings. The first-order valence-corrected chi connectivity index (χ1v) is 6.08. The molecule has 0 atom stereocenters. The Morgan fingerprint density at radius 2 is 1.94 bits per heavy atom. The Hall–Kier alpha value is -0.830. The molecule has 1 aromatic carbocycles. The first-order chi connectivity index (χ1) is 7.77. The molecule has 0 amide bonds. The second-order valence-corrected chi connectivity index (χ2v) is 5.11. The molecule has 0 fully saturated rings. The summed E-state index contributed by atoms with van der Waals surface area (Å²) in [6.45, 7) is -2.10. The van der Waals surface area contributed by atoms with Crippen LogP contribution < -0.4 is 10.5 Å². The van der Waals surface area contributed by atoms with Gasteiger partial charge in [-0.05, 0) is 18.2 Å². The van der Waals surface area contributed by atoms with Gasteiger partial charge in [-0.15, -0.1) is 12.4 Å². The van der Waals surface area contributed by atoms with Gasteiger partial charge in [0.2, 0.25) is 10.0 Å². The predicted octanol–water partition coefficient (Wildman–Crippen LogP) is 1.12. The molecular formula is C9H12ClF3N2O2S. The molecule has 3 N–H and O–H groups in total. The summed E-state index contributed by atoms with van der Waals surface area (Å²) in [7, 11) is -4.15. The van der Waals surface area contributed by atoms with E-state index in [1.165, 1.54) is 6.07 Å². The Bertz CT molecular complexity index is 496. The van der Waals surface area contributed by atoms with Crippen molar-refractivity contribution in [1.82, 2.24) is 4.72 Å². The van der Waals surface area contributed by atoms with Crippen LogP contribution in [0.15, 0.2) is 29.2 Å². The highest BCUT2D eigenvalue weighted by Crippen LogP contribution is 2.13. The third kappa shape index (κ3) is 4.81. The molecule has 104 valence electrons. The number of rotatable bonds is 5. The Morgan fingerprint density at radius 3 is 2.44 bits per heavy atom. The Balaban J connectivity index is 0.00000289. The molecule has 0 spiro atoms. The summed E-state index contributed by atoms with van der Waals surface area (Å²) < 4.78 is 62.9. The van der Waals surface area contributed by atoms with Crippen molar-refractivity contribution in [2.75, 3.05) is 13.1 Å². The molecule has 0 aliphatic heterocycles. The number of nitrogens with one attached hydrogen (secondary N) is 1. The van der Waals surface area contributed by atoms with Crippen molar-refractivity contribution >= 4 is 22.4 Å². The number of nitrogens with two attached hydrogens (primary N) is 1. The zero-order valence-corrected chi connectivity index (χ0v) is 10.7. The molecule has 18 heavy (non-hydrogen) atoms. The molecule has 0 heterocycles. The lowest BCUT2D eigenvalue weighted by molar-refractivity contribution is 0.0170. The summed E-state index contributed by atoms with van der Waals surface area (Å²) in [6, 6.07) is 4.06. The first kappa shape index (κ1) is 17.2. The summed E-state index contributed by atoms with van der Waals surface area (Å²) in [6.07, 6.45) is 0. The summed E-state index contributed by atoms with van der Waals surface area (Å²) in [4.78, 5) is -0.412. The summed E-state index contributed by atoms with van der Waals surface area (Å²) in [5.41, 5.74) is 4.75. The third-order valence-corrected chi connectivity index (χ3v) is 3.32. The predicted molar refractivity (Wildman–Crippen MR) is 62.8 cm³/mol. The van der Waals surface area contributed by atoms with Crippen molar-refractivity contribution in [2.45, 2.75) is 10.8 Å². The molecular weight excluding hydrogens is 293 g/mol. The average Bonchev–Trinajstić information content (AvgIpc) is 2.27. The number of hydrogen-bond donors (Lipinski definition) is 2. The molecule has 9 heteroatoms. The third-order valence-electron chi connectivity index (χ3n) is 1.93. The van der Waals surface area contributed by atoms with Crippen LogP contribution in [0.25, 0.3) is 0 Å². The SMILES string of the molecule is Cl.NCC(F)(F)CNS(=O)(=O)c1cccc(F)c1. The van der Waals surface area contributed by atoms with Crippen LogP contribution in [-0.4, -0.2) is 27.4 Å². The normalized spacial score (nSPS) is 12.0. The van der Waals surface area contributed by atoms with Crippen LogP contribution in [0, 0.1) is 5.82 Å². The van der Waals surface area contributed by atoms with Gasteiger partial charge in [-0.3, -0.25) is 0 Å². The molecule has 0 saturated heterocycles. The fraction of sp³-hybridized carbons (Fsp3) is 0.333. The van der Waals surface area contributed by atoms with Crippen molar-refractivity contribution < 1.29 is 21.6 Å². The minimum atomic E-state index is -4.15. The quantitative estimate of drug-likeness (QED) is 0.856. The molecule has 4 nitrogen and oxygen atoms in total. The van der Waals surface area contributed by atoms with E-state index in [1.807, 2.05) is 0 Å². The van der Waals surface area contributed by atoms with E-state index in [9.17, 15) is 21.6 Å². The zero-order valence-electron chi connectivity index (χ0n) is 9.07. The van der Waals surface area contributed by atoms with Crippen molar-refractivity contribution in [2.24, 2.45) is 5.73 Å². The van der Waals surface area contributed by atoms with E-state index < -0.39 is 39.7 Å². The number of alkyl halides is 2. The highest BCUT2D eigenvalue weighted by Gasteiger charge is 2.29. The van der Waals surface area contributed by atoms with Crippen LogP contribution in [0.3, 0.4) is 0 Å². The Kier molecular flexibility index (Phi) is 6.08. The van der Waals surface area contributed by atoms with Crippen molar-refractivity contribution in [1.29, 1.82) is 0 Å². The van der Waals surface area contributed by atoms with Crippen LogP contribution in [0.4, 0.5) is 13.2 Å². The van der Waals surface area contributed by atoms with Gasteiger partial charge >= 0.3 is 0 Å². The molecule has 1 rings (SSSR count). The van der Waals surface area contributed by atoms with Gasteiger partial charge in [0.05, 0.1) is 18.0 Å². The highest BCUT2D eigenvalue weighted by atomic mass is 35.5. The lowest BCUT2D eigenvalue weighted by Gasteiger charge is -2.14. The number of hydrogen-bond acceptors (Lipinski definition) is 3. The van der Waals surface area contributed by atoms with Crippen LogP contribution >= 0.6 is 12.4 Å². The van der Waals surface area contributed by atoms with E-state index in [-0.39, 0.29) is 12.4 Å². The van der Waals surface area contributed by atoms with E-state index in [1.54, 1.807) is 4.72 Å². The molecule has 0 unspecified atom stereocenters. The van der Waals surface area contributed by atoms with E-state index in [4.69, 9.17) is 5.73 Å². The van der Waals surface area contributed by atoms with E-state index in [0.717, 1.165) is 18.2 Å². The maximum absolute atomic E-state index is 12.8. The van der Waals surface area contributed by atoms with Gasteiger partial charge in [-0.25, -0.2) is 26.3 Å². The molecule has 0 saturated carbocycles. The van der Waals surface area contributed by atoms with Gasteiger partial charge in [0.25, 0.3) is 5.92 Å². The molecule has 0 aliphatic carbocycles. The molecule has 0 bridgehead atoms. The fourth-order valence-corrected chi connectivity index (χ4v) is 2.08. The average molecular weight is 305 g/mol. The molecule has 0 radical (unpaired) electrons. The summed E-state index contributed by atoms with van der Waals surface area (Å²) in [5.74, 6) is -4.10. The standard InChI is InChI=1S/C9H11F3N2O2S.ClH/c10-7-2-1-3-8(4-7)17(15,16)14-6-9(11,12)5-13;/h1-4,14H,5-6,13H2;1H. The topological polar surface area (TPSA) is 72.2 Å². The minimum Gasteiger partial charge on any atom is -0.325 e. The number of sulfonamides is 1. The highest BCUT2D eigenvalue weighted by molar-refractivity contribution is 7.89. The van der Waals surface area contributed by atoms with Crippen molar-refractivity contribution in [3.63, 3.8) is 0 Å². The van der Waals surface area contributed by atoms with Crippen LogP contribution in [0.1, 0.15) is 0 Å². The second-order valence-electron chi connectivity index (χ2n) is 3.34. The molecule has 0 aromatic heterocycles. The van der Waals surface area contributed by atoms with Crippen LogP contribution in [-0.2, 0) is 10.0 Å². The molecule has 0 aliphatic rings. The minimum absolute atomic E-state index is 0. The lowest BCUT2D eigenvalue weighted by atomic mass is 10.3. The monoisotopic (exact) mass is 304 g/mol. The first-order valence-electron chi connectivity index (χ1n) is 4.60. The van der Waals surface area contributed by atoms with E-state index in [2.05, 4.69) is 0 Å². The number of benzene rings is 1. The van der Waals surface area contributed by atoms with Gasteiger partial charge in [0, 0.05) is 0 Å². The second kappa shape index (κ2) is 6.37. The van der Waals surface area contributed by atoms with Gasteiger partial charge < -0.3 is 5.73 Å². The smallest absolute Gasteiger partial charge is 0.273 e. The van der Waals surface area contributed by atoms with E-state index >= 15 is 0 Å². The van der Waals surface area contributed by atoms with Gasteiger partial charge in [-0.2, -0.15) is 0 Å². The van der Waals surface area contributed by atoms with Gasteiger partial charge in [-0.1, -0.05) is 6.07 Å². The summed E-state index contributed by atoms with van der Waals surface area (Å²) in [5, 5.41) is 0. The van der Waals surface area contributed by atoms with E-state index in [0.29, 0.717) is 0 Å². The zero-order chi connectivity index (χ0) is 13.1.